The van der Waals surface area contributed by atoms with Gasteiger partial charge in [0.15, 0.2) is 0 Å². The summed E-state index contributed by atoms with van der Waals surface area (Å²) in [6, 6.07) is 0. The topological polar surface area (TPSA) is 106 Å². The Morgan fingerprint density at radius 1 is 0.733 bits per heavy atom. The van der Waals surface area contributed by atoms with Crippen LogP contribution in [0.1, 0.15) is 72.1 Å². The molecule has 0 bridgehead atoms. The minimum Gasteiger partial charge on any atom is -0.384 e. The molecule has 0 fully saturated rings. The van der Waals surface area contributed by atoms with Gasteiger partial charge in [0, 0.05) is 63.6 Å². The average Bonchev–Trinajstić information content (AvgIpc) is 3.00. The number of rotatable bonds is 27. The highest BCUT2D eigenvalue weighted by atomic mass is 33.1. The second-order valence-electron chi connectivity index (χ2n) is 10.8. The van der Waals surface area contributed by atoms with E-state index >= 15 is 0 Å². The lowest BCUT2D eigenvalue weighted by atomic mass is 9.86. The van der Waals surface area contributed by atoms with E-state index in [-0.39, 0.29) is 30.7 Å². The molecule has 0 radical (unpaired) electrons. The zero-order valence-corrected chi connectivity index (χ0v) is 29.7. The number of hydrogen-bond acceptors (Lipinski definition) is 7. The molecule has 0 saturated heterocycles. The normalized spacial score (nSPS) is 12.6. The van der Waals surface area contributed by atoms with Gasteiger partial charge in [0.1, 0.15) is 6.10 Å². The van der Waals surface area contributed by atoms with E-state index < -0.39 is 11.5 Å². The highest BCUT2D eigenvalue weighted by molar-refractivity contribution is 8.76. The van der Waals surface area contributed by atoms with Crippen LogP contribution in [0.5, 0.6) is 0 Å². The first-order valence-corrected chi connectivity index (χ1v) is 18.3. The number of allylic oxidation sites excluding steroid dienone is 9. The van der Waals surface area contributed by atoms with Gasteiger partial charge in [0.2, 0.25) is 17.7 Å². The lowest BCUT2D eigenvalue weighted by Gasteiger charge is -2.31. The molecule has 0 aromatic heterocycles. The molecule has 8 nitrogen and oxygen atoms in total. The van der Waals surface area contributed by atoms with E-state index in [1.807, 2.05) is 26.0 Å². The Kier molecular flexibility index (Phi) is 28.5. The summed E-state index contributed by atoms with van der Waals surface area (Å²) in [7, 11) is 6.38. The lowest BCUT2D eigenvalue weighted by Crippen LogP contribution is -2.47. The summed E-state index contributed by atoms with van der Waals surface area (Å²) < 4.78 is 10.5. The molecule has 0 aliphatic rings. The number of ether oxygens (including phenoxy) is 2. The van der Waals surface area contributed by atoms with Crippen LogP contribution in [0.15, 0.2) is 66.5 Å². The Balaban J connectivity index is 3.74. The third kappa shape index (κ3) is 26.4. The zero-order valence-electron chi connectivity index (χ0n) is 28.1. The van der Waals surface area contributed by atoms with Crippen LogP contribution in [-0.4, -0.2) is 75.8 Å². The van der Waals surface area contributed by atoms with E-state index in [2.05, 4.69) is 77.2 Å². The fourth-order valence-electron chi connectivity index (χ4n) is 3.96. The van der Waals surface area contributed by atoms with Gasteiger partial charge in [-0.15, -0.1) is 5.73 Å². The predicted molar refractivity (Wildman–Crippen MR) is 192 cm³/mol. The molecule has 0 aromatic carbocycles. The van der Waals surface area contributed by atoms with Crippen molar-refractivity contribution in [1.29, 1.82) is 0 Å². The summed E-state index contributed by atoms with van der Waals surface area (Å²) in [5.74, 6) is 1.22. The van der Waals surface area contributed by atoms with Crippen LogP contribution in [0.25, 0.3) is 0 Å². The van der Waals surface area contributed by atoms with Crippen molar-refractivity contribution in [1.82, 2.24) is 16.0 Å². The van der Waals surface area contributed by atoms with Gasteiger partial charge in [0.25, 0.3) is 0 Å². The molecule has 0 heterocycles. The Morgan fingerprint density at radius 2 is 1.27 bits per heavy atom. The molecular weight excluding hydrogens is 607 g/mol. The molecule has 0 aromatic rings. The van der Waals surface area contributed by atoms with Gasteiger partial charge < -0.3 is 25.4 Å². The Bertz CT molecular complexity index is 986. The molecule has 0 unspecified atom stereocenters. The number of amides is 3. The van der Waals surface area contributed by atoms with Crippen LogP contribution < -0.4 is 16.0 Å². The van der Waals surface area contributed by atoms with Gasteiger partial charge in [-0.25, -0.2) is 0 Å². The molecule has 254 valence electrons. The summed E-state index contributed by atoms with van der Waals surface area (Å²) in [4.78, 5) is 36.4. The predicted octanol–water partition coefficient (Wildman–Crippen LogP) is 6.48. The van der Waals surface area contributed by atoms with Crippen molar-refractivity contribution in [2.45, 2.75) is 78.2 Å². The third-order valence-electron chi connectivity index (χ3n) is 6.17. The van der Waals surface area contributed by atoms with Crippen LogP contribution >= 0.6 is 21.6 Å². The smallest absolute Gasteiger partial charge is 0.249 e. The van der Waals surface area contributed by atoms with E-state index in [1.165, 1.54) is 7.11 Å². The number of nitrogens with one attached hydrogen (secondary N) is 3. The Hall–Kier alpha value is -2.49. The first-order chi connectivity index (χ1) is 21.8. The third-order valence-corrected chi connectivity index (χ3v) is 8.58. The quantitative estimate of drug-likeness (QED) is 0.0400. The number of carbonyl (C=O) groups is 3. The summed E-state index contributed by atoms with van der Waals surface area (Å²) in [5, 5.41) is 8.55. The SMILES string of the molecule is CC/C=C\C/C=C\C/C=C\C/C=C\CC=C=CCCC(=O)NCCSSCCNC(=O)CCNC(=O)[C@H](OC)C(C)(C)COC. The van der Waals surface area contributed by atoms with Crippen molar-refractivity contribution < 1.29 is 23.9 Å². The van der Waals surface area contributed by atoms with Crippen molar-refractivity contribution in [2.75, 3.05) is 52.0 Å². The number of hydrogen-bond donors (Lipinski definition) is 3. The molecule has 10 heteroatoms. The molecule has 1 atom stereocenters. The van der Waals surface area contributed by atoms with Crippen LogP contribution in [-0.2, 0) is 23.9 Å². The van der Waals surface area contributed by atoms with Gasteiger partial charge in [-0.1, -0.05) is 91.0 Å². The van der Waals surface area contributed by atoms with E-state index in [1.54, 1.807) is 28.7 Å². The van der Waals surface area contributed by atoms with Crippen LogP contribution in [0.3, 0.4) is 0 Å². The molecule has 0 saturated carbocycles. The molecule has 3 N–H and O–H groups in total. The average molecular weight is 664 g/mol. The highest BCUT2D eigenvalue weighted by Gasteiger charge is 2.35. The van der Waals surface area contributed by atoms with Crippen molar-refractivity contribution in [3.05, 3.63) is 66.5 Å². The summed E-state index contributed by atoms with van der Waals surface area (Å²) in [6.07, 6.45) is 26.8. The van der Waals surface area contributed by atoms with Gasteiger partial charge in [0.05, 0.1) is 6.61 Å². The molecule has 3 amide bonds. The standard InChI is InChI=1S/C35H57N3O5S2/c1-6-7-8-9-10-11-12-13-14-15-16-17-18-19-20-21-22-23-31(39)36-26-28-44-45-29-27-37-32(40)24-25-38-34(41)33(43-5)35(2,3)30-42-4/h7-8,10-11,13-14,16-17,19,21,33H,6,9,12,15,18,22-30H2,1-5H3,(H,36,39)(H,37,40)(H,38,41)/b8-7-,11-10-,14-13-,17-16-/t20?,33-/m0/s1. The maximum absolute atomic E-state index is 12.4. The maximum Gasteiger partial charge on any atom is 0.249 e. The molecule has 0 aliphatic carbocycles. The summed E-state index contributed by atoms with van der Waals surface area (Å²) >= 11 is 0. The molecule has 45 heavy (non-hydrogen) atoms. The summed E-state index contributed by atoms with van der Waals surface area (Å²) in [6.45, 7) is 7.71. The van der Waals surface area contributed by atoms with Gasteiger partial charge in [-0.2, -0.15) is 0 Å². The fourth-order valence-corrected chi connectivity index (χ4v) is 5.78. The first kappa shape index (κ1) is 42.5. The highest BCUT2D eigenvalue weighted by Crippen LogP contribution is 2.23. The first-order valence-electron chi connectivity index (χ1n) is 15.8. The van der Waals surface area contributed by atoms with Crippen molar-refractivity contribution in [3.63, 3.8) is 0 Å². The van der Waals surface area contributed by atoms with E-state index in [9.17, 15) is 14.4 Å². The van der Waals surface area contributed by atoms with Crippen LogP contribution in [0.4, 0.5) is 0 Å². The molecular formula is C35H57N3O5S2. The molecule has 0 spiro atoms. The second kappa shape index (κ2) is 30.2. The lowest BCUT2D eigenvalue weighted by molar-refractivity contribution is -0.140. The minimum absolute atomic E-state index is 0.0380. The number of methoxy groups -OCH3 is 2. The van der Waals surface area contributed by atoms with Gasteiger partial charge in [-0.05, 0) is 50.7 Å². The molecule has 0 aliphatic heterocycles. The van der Waals surface area contributed by atoms with Crippen LogP contribution in [0.2, 0.25) is 0 Å². The minimum atomic E-state index is -0.662. The number of carbonyl (C=O) groups excluding carboxylic acids is 3. The summed E-state index contributed by atoms with van der Waals surface area (Å²) in [5.41, 5.74) is 2.65. The maximum atomic E-state index is 12.4. The largest absolute Gasteiger partial charge is 0.384 e. The van der Waals surface area contributed by atoms with Gasteiger partial charge in [-0.3, -0.25) is 14.4 Å². The van der Waals surface area contributed by atoms with E-state index in [4.69, 9.17) is 9.47 Å². The van der Waals surface area contributed by atoms with Crippen molar-refractivity contribution in [3.8, 4) is 0 Å². The second-order valence-corrected chi connectivity index (χ2v) is 13.5. The Morgan fingerprint density at radius 3 is 1.80 bits per heavy atom. The fraction of sp³-hybridized carbons (Fsp3) is 0.600. The zero-order chi connectivity index (χ0) is 33.4. The van der Waals surface area contributed by atoms with Crippen molar-refractivity contribution >= 4 is 39.3 Å². The van der Waals surface area contributed by atoms with Crippen LogP contribution in [0, 0.1) is 5.41 Å². The monoisotopic (exact) mass is 663 g/mol. The van der Waals surface area contributed by atoms with Gasteiger partial charge >= 0.3 is 0 Å². The van der Waals surface area contributed by atoms with E-state index in [0.717, 1.165) is 43.6 Å². The Labute approximate surface area is 280 Å². The van der Waals surface area contributed by atoms with Crippen molar-refractivity contribution in [2.24, 2.45) is 5.41 Å². The van der Waals surface area contributed by atoms with E-state index in [0.29, 0.717) is 32.5 Å². The molecule has 0 rings (SSSR count).